The van der Waals surface area contributed by atoms with E-state index in [1.807, 2.05) is 27.2 Å². The highest BCUT2D eigenvalue weighted by molar-refractivity contribution is 7.45. The van der Waals surface area contributed by atoms with E-state index in [9.17, 15) is 14.3 Å². The number of esters is 1. The van der Waals surface area contributed by atoms with Gasteiger partial charge in [-0.3, -0.25) is 9.36 Å². The average molecular weight is 794 g/mol. The zero-order valence-electron chi connectivity index (χ0n) is 36.1. The van der Waals surface area contributed by atoms with E-state index in [4.69, 9.17) is 18.5 Å². The molecule has 0 N–H and O–H groups in total. The first-order valence-electron chi connectivity index (χ1n) is 22.1. The number of carbonyl (C=O) groups is 1. The molecule has 0 aromatic heterocycles. The first-order valence-corrected chi connectivity index (χ1v) is 23.5. The summed E-state index contributed by atoms with van der Waals surface area (Å²) >= 11 is 0. The average Bonchev–Trinajstić information content (AvgIpc) is 3.13. The van der Waals surface area contributed by atoms with Crippen molar-refractivity contribution in [2.24, 2.45) is 0 Å². The van der Waals surface area contributed by atoms with E-state index in [1.165, 1.54) is 96.3 Å². The normalized spacial score (nSPS) is 14.3. The molecule has 0 aromatic carbocycles. The first kappa shape index (κ1) is 53.0. The van der Waals surface area contributed by atoms with Crippen LogP contribution in [0.25, 0.3) is 0 Å². The summed E-state index contributed by atoms with van der Waals surface area (Å²) in [5.41, 5.74) is 0. The Hall–Kier alpha value is -1.96. The van der Waals surface area contributed by atoms with E-state index in [2.05, 4.69) is 62.5 Å². The topological polar surface area (TPSA) is 94.1 Å². The van der Waals surface area contributed by atoms with Gasteiger partial charge >= 0.3 is 5.97 Å². The third-order valence-corrected chi connectivity index (χ3v) is 10.1. The highest BCUT2D eigenvalue weighted by Crippen LogP contribution is 2.38. The van der Waals surface area contributed by atoms with Gasteiger partial charge < -0.3 is 27.9 Å². The van der Waals surface area contributed by atoms with Gasteiger partial charge in [0.25, 0.3) is 7.82 Å². The van der Waals surface area contributed by atoms with Crippen molar-refractivity contribution >= 4 is 13.8 Å². The second kappa shape index (κ2) is 38.9. The van der Waals surface area contributed by atoms with Gasteiger partial charge in [0.05, 0.1) is 34.0 Å². The SMILES string of the molecule is CCCCC/C=C\C/C=C\C/C=C\C/C=C\CCCCCC(=O)O[C@H](CO/C=C\CCCCCCCCCCCCCC)COP(=O)([O-])OCC[N+](C)(C)C. The quantitative estimate of drug-likeness (QED) is 0.0152. The molecule has 0 aliphatic rings. The highest BCUT2D eigenvalue weighted by atomic mass is 31.2. The molecule has 9 heteroatoms. The van der Waals surface area contributed by atoms with Crippen LogP contribution in [0.4, 0.5) is 0 Å². The van der Waals surface area contributed by atoms with Crippen molar-refractivity contribution in [3.05, 3.63) is 60.9 Å². The van der Waals surface area contributed by atoms with Crippen LogP contribution < -0.4 is 4.89 Å². The van der Waals surface area contributed by atoms with Crippen molar-refractivity contribution in [2.75, 3.05) is 47.5 Å². The molecule has 320 valence electrons. The highest BCUT2D eigenvalue weighted by Gasteiger charge is 2.20. The largest absolute Gasteiger partial charge is 0.756 e. The molecular weight excluding hydrogens is 709 g/mol. The van der Waals surface area contributed by atoms with Crippen molar-refractivity contribution in [3.8, 4) is 0 Å². The number of likely N-dealkylation sites (N-methyl/N-ethyl adjacent to an activating group) is 1. The number of ether oxygens (including phenoxy) is 2. The number of hydrogen-bond acceptors (Lipinski definition) is 7. The predicted molar refractivity (Wildman–Crippen MR) is 231 cm³/mol. The van der Waals surface area contributed by atoms with Crippen LogP contribution in [0.5, 0.6) is 0 Å². The smallest absolute Gasteiger partial charge is 0.306 e. The number of rotatable bonds is 40. The van der Waals surface area contributed by atoms with Crippen molar-refractivity contribution in [3.63, 3.8) is 0 Å². The maximum Gasteiger partial charge on any atom is 0.306 e. The minimum atomic E-state index is -4.55. The van der Waals surface area contributed by atoms with Gasteiger partial charge in [-0.1, -0.05) is 152 Å². The molecule has 0 aromatic rings. The summed E-state index contributed by atoms with van der Waals surface area (Å²) in [7, 11) is 1.30. The fourth-order valence-corrected chi connectivity index (χ4v) is 6.40. The third kappa shape index (κ3) is 43.0. The molecule has 0 fully saturated rings. The lowest BCUT2D eigenvalue weighted by Crippen LogP contribution is -2.37. The van der Waals surface area contributed by atoms with Crippen molar-refractivity contribution in [1.82, 2.24) is 0 Å². The van der Waals surface area contributed by atoms with E-state index in [0.29, 0.717) is 17.4 Å². The van der Waals surface area contributed by atoms with Crippen molar-refractivity contribution < 1.29 is 37.3 Å². The monoisotopic (exact) mass is 794 g/mol. The minimum absolute atomic E-state index is 0.00559. The zero-order chi connectivity index (χ0) is 40.6. The molecule has 1 unspecified atom stereocenters. The molecule has 0 spiro atoms. The molecule has 0 aliphatic heterocycles. The molecule has 8 nitrogen and oxygen atoms in total. The molecule has 2 atom stereocenters. The fourth-order valence-electron chi connectivity index (χ4n) is 5.67. The summed E-state index contributed by atoms with van der Waals surface area (Å²) < 4.78 is 34.3. The maximum atomic E-state index is 12.7. The van der Waals surface area contributed by atoms with Crippen LogP contribution in [0.15, 0.2) is 60.9 Å². The second-order valence-electron chi connectivity index (χ2n) is 15.8. The zero-order valence-corrected chi connectivity index (χ0v) is 37.0. The molecule has 0 saturated carbocycles. The van der Waals surface area contributed by atoms with E-state index >= 15 is 0 Å². The number of phosphoric acid groups is 1. The number of nitrogens with zero attached hydrogens (tertiary/aromatic N) is 1. The van der Waals surface area contributed by atoms with E-state index < -0.39 is 13.9 Å². The standard InChI is InChI=1S/C46H84NO7P/c1-6-8-10-12-14-16-18-20-22-23-24-25-26-27-29-31-33-35-37-39-46(48)54-45(44-53-55(49,50)52-42-40-47(3,4)5)43-51-41-38-36-34-32-30-28-21-19-17-15-13-11-9-7-2/h14,16,20,22,24-25,27,29,38,41,45H,6-13,15,17-19,21,23,26,28,30-37,39-40,42-44H2,1-5H3/b16-14-,22-20-,25-24-,29-27-,41-38-/t45-/m1/s1. The summed E-state index contributed by atoms with van der Waals surface area (Å²) in [5.74, 6) is -0.387. The molecule has 0 bridgehead atoms. The van der Waals surface area contributed by atoms with Crippen LogP contribution in [0, 0.1) is 0 Å². The molecule has 0 rings (SSSR count). The van der Waals surface area contributed by atoms with Crippen molar-refractivity contribution in [2.45, 2.75) is 180 Å². The van der Waals surface area contributed by atoms with Crippen molar-refractivity contribution in [1.29, 1.82) is 0 Å². The van der Waals surface area contributed by atoms with Gasteiger partial charge in [-0.15, -0.1) is 0 Å². The van der Waals surface area contributed by atoms with E-state index in [1.54, 1.807) is 6.26 Å². The summed E-state index contributed by atoms with van der Waals surface area (Å²) in [5, 5.41) is 0. The Morgan fingerprint density at radius 3 is 1.55 bits per heavy atom. The second-order valence-corrected chi connectivity index (χ2v) is 17.2. The number of unbranched alkanes of at least 4 members (excludes halogenated alkanes) is 18. The Morgan fingerprint density at radius 2 is 1.02 bits per heavy atom. The maximum absolute atomic E-state index is 12.7. The fraction of sp³-hybridized carbons (Fsp3) is 0.761. The first-order chi connectivity index (χ1) is 26.6. The molecule has 0 radical (unpaired) electrons. The van der Waals surface area contributed by atoms with Crippen LogP contribution in [0.3, 0.4) is 0 Å². The number of quaternary nitrogens is 1. The molecule has 0 saturated heterocycles. The summed E-state index contributed by atoms with van der Waals surface area (Å²) in [6.07, 6.45) is 48.9. The van der Waals surface area contributed by atoms with Gasteiger partial charge in [-0.2, -0.15) is 0 Å². The van der Waals surface area contributed by atoms with Crippen LogP contribution in [0.2, 0.25) is 0 Å². The van der Waals surface area contributed by atoms with E-state index in [-0.39, 0.29) is 32.2 Å². The van der Waals surface area contributed by atoms with Crippen LogP contribution >= 0.6 is 7.82 Å². The summed E-state index contributed by atoms with van der Waals surface area (Å²) in [4.78, 5) is 25.0. The minimum Gasteiger partial charge on any atom is -0.756 e. The van der Waals surface area contributed by atoms with Crippen LogP contribution in [-0.4, -0.2) is 64.1 Å². The van der Waals surface area contributed by atoms with Gasteiger partial charge in [0.15, 0.2) is 6.10 Å². The summed E-state index contributed by atoms with van der Waals surface area (Å²) in [6.45, 7) is 4.66. The number of hydrogen-bond donors (Lipinski definition) is 0. The van der Waals surface area contributed by atoms with Gasteiger partial charge in [0, 0.05) is 6.42 Å². The lowest BCUT2D eigenvalue weighted by atomic mass is 10.0. The lowest BCUT2D eigenvalue weighted by Gasteiger charge is -2.28. The Bertz CT molecular complexity index is 1060. The molecule has 0 heterocycles. The number of allylic oxidation sites excluding steroid dienone is 9. The van der Waals surface area contributed by atoms with Gasteiger partial charge in [-0.25, -0.2) is 0 Å². The third-order valence-electron chi connectivity index (χ3n) is 9.14. The lowest BCUT2D eigenvalue weighted by molar-refractivity contribution is -0.870. The molecule has 0 amide bonds. The molecule has 0 aliphatic carbocycles. The van der Waals surface area contributed by atoms with Gasteiger partial charge in [-0.05, 0) is 70.3 Å². The van der Waals surface area contributed by atoms with Crippen LogP contribution in [0.1, 0.15) is 174 Å². The number of phosphoric ester groups is 1. The van der Waals surface area contributed by atoms with Crippen LogP contribution in [-0.2, 0) is 27.9 Å². The Morgan fingerprint density at radius 1 is 0.582 bits per heavy atom. The molecular formula is C46H84NO7P. The molecule has 55 heavy (non-hydrogen) atoms. The van der Waals surface area contributed by atoms with Gasteiger partial charge in [0.1, 0.15) is 19.8 Å². The Kier molecular flexibility index (Phi) is 37.5. The Balaban J connectivity index is 4.37. The number of carbonyl (C=O) groups excluding carboxylic acids is 1. The van der Waals surface area contributed by atoms with Gasteiger partial charge in [0.2, 0.25) is 0 Å². The Labute approximate surface area is 339 Å². The predicted octanol–water partition coefficient (Wildman–Crippen LogP) is 12.7. The summed E-state index contributed by atoms with van der Waals surface area (Å²) in [6, 6.07) is 0. The van der Waals surface area contributed by atoms with E-state index in [0.717, 1.165) is 51.4 Å².